The van der Waals surface area contributed by atoms with Crippen LogP contribution in [0.25, 0.3) is 0 Å². The molecule has 1 fully saturated rings. The van der Waals surface area contributed by atoms with Gasteiger partial charge in [-0.2, -0.15) is 0 Å². The molecule has 1 aromatic rings. The molecule has 0 aromatic heterocycles. The molecule has 0 heterocycles. The van der Waals surface area contributed by atoms with Gasteiger partial charge in [-0.15, -0.1) is 0 Å². The molecular formula is C16H25NO. The van der Waals surface area contributed by atoms with Crippen molar-refractivity contribution < 1.29 is 5.11 Å². The Labute approximate surface area is 110 Å². The van der Waals surface area contributed by atoms with Crippen molar-refractivity contribution in [2.24, 2.45) is 11.8 Å². The highest BCUT2D eigenvalue weighted by Crippen LogP contribution is 2.34. The largest absolute Gasteiger partial charge is 0.507 e. The van der Waals surface area contributed by atoms with Crippen LogP contribution in [0.15, 0.2) is 12.1 Å². The number of hydrogen-bond acceptors (Lipinski definition) is 2. The van der Waals surface area contributed by atoms with E-state index in [9.17, 15) is 5.11 Å². The van der Waals surface area contributed by atoms with Gasteiger partial charge in [0.15, 0.2) is 0 Å². The summed E-state index contributed by atoms with van der Waals surface area (Å²) in [5.41, 5.74) is 3.01. The predicted molar refractivity (Wildman–Crippen MR) is 77.2 cm³/mol. The van der Waals surface area contributed by atoms with Gasteiger partial charge in [-0.3, -0.25) is 0 Å². The van der Waals surface area contributed by atoms with Crippen LogP contribution in [0.5, 0.6) is 5.75 Å². The summed E-state index contributed by atoms with van der Waals surface area (Å²) >= 11 is 0. The average Bonchev–Trinajstić information content (AvgIpc) is 2.35. The topological polar surface area (TPSA) is 32.3 Å². The minimum absolute atomic E-state index is 0.427. The van der Waals surface area contributed by atoms with Crippen LogP contribution in [0, 0.1) is 25.7 Å². The van der Waals surface area contributed by atoms with Crippen LogP contribution in [0.2, 0.25) is 0 Å². The summed E-state index contributed by atoms with van der Waals surface area (Å²) in [5, 5.41) is 13.6. The lowest BCUT2D eigenvalue weighted by atomic mass is 9.78. The Morgan fingerprint density at radius 2 is 1.89 bits per heavy atom. The average molecular weight is 247 g/mol. The normalized spacial score (nSPS) is 28.1. The van der Waals surface area contributed by atoms with Crippen molar-refractivity contribution in [3.05, 3.63) is 23.3 Å². The van der Waals surface area contributed by atoms with Gasteiger partial charge in [-0.1, -0.05) is 32.8 Å². The molecule has 1 aliphatic rings. The number of nitrogens with one attached hydrogen (secondary N) is 1. The molecule has 2 heteroatoms. The first-order valence-corrected chi connectivity index (χ1v) is 7.06. The van der Waals surface area contributed by atoms with Gasteiger partial charge in [-0.05, 0) is 43.7 Å². The van der Waals surface area contributed by atoms with E-state index in [1.54, 1.807) is 0 Å². The first kappa shape index (κ1) is 13.3. The fourth-order valence-corrected chi connectivity index (χ4v) is 2.98. The molecule has 18 heavy (non-hydrogen) atoms. The van der Waals surface area contributed by atoms with E-state index in [1.165, 1.54) is 19.3 Å². The van der Waals surface area contributed by atoms with Crippen molar-refractivity contribution >= 4 is 5.69 Å². The van der Waals surface area contributed by atoms with Gasteiger partial charge in [0.2, 0.25) is 0 Å². The molecule has 100 valence electrons. The summed E-state index contributed by atoms with van der Waals surface area (Å²) in [6.45, 7) is 8.61. The second-order valence-electron chi connectivity index (χ2n) is 5.92. The van der Waals surface area contributed by atoms with Crippen molar-refractivity contribution in [1.29, 1.82) is 0 Å². The minimum atomic E-state index is 0.427. The van der Waals surface area contributed by atoms with Crippen molar-refractivity contribution in [2.45, 2.75) is 53.0 Å². The number of rotatable bonds is 2. The molecule has 1 saturated carbocycles. The Morgan fingerprint density at radius 1 is 1.17 bits per heavy atom. The Morgan fingerprint density at radius 3 is 2.61 bits per heavy atom. The van der Waals surface area contributed by atoms with E-state index >= 15 is 0 Å². The molecule has 1 aromatic carbocycles. The van der Waals surface area contributed by atoms with Gasteiger partial charge in [0.25, 0.3) is 0 Å². The summed E-state index contributed by atoms with van der Waals surface area (Å²) < 4.78 is 0. The predicted octanol–water partition coefficient (Wildman–Crippen LogP) is 4.25. The van der Waals surface area contributed by atoms with Gasteiger partial charge in [0, 0.05) is 17.3 Å². The van der Waals surface area contributed by atoms with Crippen LogP contribution in [-0.4, -0.2) is 11.1 Å². The lowest BCUT2D eigenvalue weighted by Gasteiger charge is -2.35. The third-order valence-corrected chi connectivity index (χ3v) is 4.68. The summed E-state index contributed by atoms with van der Waals surface area (Å²) in [4.78, 5) is 0. The summed E-state index contributed by atoms with van der Waals surface area (Å²) in [7, 11) is 0. The number of hydrogen-bond donors (Lipinski definition) is 2. The summed E-state index contributed by atoms with van der Waals surface area (Å²) in [6.07, 6.45) is 3.89. The number of phenols is 1. The van der Waals surface area contributed by atoms with Gasteiger partial charge >= 0.3 is 0 Å². The molecule has 0 saturated heterocycles. The van der Waals surface area contributed by atoms with Crippen LogP contribution < -0.4 is 5.32 Å². The number of aryl methyl sites for hydroxylation is 1. The molecule has 3 unspecified atom stereocenters. The molecular weight excluding hydrogens is 222 g/mol. The maximum Gasteiger partial charge on any atom is 0.123 e. The maximum absolute atomic E-state index is 9.99. The van der Waals surface area contributed by atoms with Gasteiger partial charge < -0.3 is 10.4 Å². The number of benzene rings is 1. The summed E-state index contributed by atoms with van der Waals surface area (Å²) in [5.74, 6) is 1.91. The lowest BCUT2D eigenvalue weighted by Crippen LogP contribution is -2.35. The van der Waals surface area contributed by atoms with Crippen LogP contribution in [0.4, 0.5) is 5.69 Å². The van der Waals surface area contributed by atoms with E-state index in [2.05, 4.69) is 25.2 Å². The molecule has 0 aliphatic heterocycles. The molecule has 2 nitrogen and oxygen atoms in total. The SMILES string of the molecule is Cc1ccc(NC2CCCC(C)C2C)c(C)c1O. The zero-order valence-electron chi connectivity index (χ0n) is 12.0. The Kier molecular flexibility index (Phi) is 3.84. The monoisotopic (exact) mass is 247 g/mol. The van der Waals surface area contributed by atoms with Crippen molar-refractivity contribution in [3.8, 4) is 5.75 Å². The van der Waals surface area contributed by atoms with E-state index in [0.717, 1.165) is 22.7 Å². The fourth-order valence-electron chi connectivity index (χ4n) is 2.98. The second kappa shape index (κ2) is 5.21. The van der Waals surface area contributed by atoms with Gasteiger partial charge in [0.1, 0.15) is 5.75 Å². The zero-order chi connectivity index (χ0) is 13.3. The third-order valence-electron chi connectivity index (χ3n) is 4.68. The van der Waals surface area contributed by atoms with Crippen molar-refractivity contribution in [1.82, 2.24) is 0 Å². The van der Waals surface area contributed by atoms with E-state index in [-0.39, 0.29) is 0 Å². The highest BCUT2D eigenvalue weighted by molar-refractivity contribution is 5.59. The highest BCUT2D eigenvalue weighted by atomic mass is 16.3. The maximum atomic E-state index is 9.99. The van der Waals surface area contributed by atoms with E-state index < -0.39 is 0 Å². The van der Waals surface area contributed by atoms with Crippen molar-refractivity contribution in [2.75, 3.05) is 5.32 Å². The van der Waals surface area contributed by atoms with Gasteiger partial charge in [-0.25, -0.2) is 0 Å². The summed E-state index contributed by atoms with van der Waals surface area (Å²) in [6, 6.07) is 4.62. The molecule has 0 spiro atoms. The fraction of sp³-hybridized carbons (Fsp3) is 0.625. The van der Waals surface area contributed by atoms with Crippen LogP contribution in [0.3, 0.4) is 0 Å². The van der Waals surface area contributed by atoms with Crippen LogP contribution in [-0.2, 0) is 0 Å². The number of aromatic hydroxyl groups is 1. The standard InChI is InChI=1S/C16H25NO/c1-10-6-5-7-14(12(10)3)17-15-9-8-11(2)16(18)13(15)4/h8-10,12,14,17-18H,5-7H2,1-4H3. The quantitative estimate of drug-likeness (QED) is 0.819. The molecule has 0 amide bonds. The minimum Gasteiger partial charge on any atom is -0.507 e. The van der Waals surface area contributed by atoms with Crippen molar-refractivity contribution in [3.63, 3.8) is 0 Å². The van der Waals surface area contributed by atoms with Crippen LogP contribution >= 0.6 is 0 Å². The van der Waals surface area contributed by atoms with E-state index in [1.807, 2.05) is 19.9 Å². The molecule has 2 rings (SSSR count). The molecule has 1 aliphatic carbocycles. The molecule has 0 bridgehead atoms. The molecule has 3 atom stereocenters. The number of phenolic OH excluding ortho intramolecular Hbond substituents is 1. The zero-order valence-corrected chi connectivity index (χ0v) is 12.0. The third kappa shape index (κ3) is 2.47. The van der Waals surface area contributed by atoms with Gasteiger partial charge in [0.05, 0.1) is 0 Å². The van der Waals surface area contributed by atoms with Crippen LogP contribution in [0.1, 0.15) is 44.2 Å². The Hall–Kier alpha value is -1.18. The Bertz CT molecular complexity index is 427. The second-order valence-corrected chi connectivity index (χ2v) is 5.92. The van der Waals surface area contributed by atoms with E-state index in [0.29, 0.717) is 17.7 Å². The smallest absolute Gasteiger partial charge is 0.123 e. The Balaban J connectivity index is 2.16. The molecule has 0 radical (unpaired) electrons. The first-order valence-electron chi connectivity index (χ1n) is 7.06. The van der Waals surface area contributed by atoms with E-state index in [4.69, 9.17) is 0 Å². The number of anilines is 1. The highest BCUT2D eigenvalue weighted by Gasteiger charge is 2.27. The molecule has 2 N–H and O–H groups in total. The lowest BCUT2D eigenvalue weighted by molar-refractivity contribution is 0.253. The first-order chi connectivity index (χ1) is 8.50.